The molecule has 0 amide bonds. The summed E-state index contributed by atoms with van der Waals surface area (Å²) in [6, 6.07) is 3.74. The molecule has 0 atom stereocenters. The van der Waals surface area contributed by atoms with E-state index in [-0.39, 0.29) is 11.3 Å². The molecular formula is C13H13F2NO2. The number of hydrogen-bond donors (Lipinski definition) is 1. The first kappa shape index (κ1) is 12.7. The molecule has 5 heteroatoms. The smallest absolute Gasteiger partial charge is 0.263 e. The Bertz CT molecular complexity index is 490. The summed E-state index contributed by atoms with van der Waals surface area (Å²) < 4.78 is 25.0. The van der Waals surface area contributed by atoms with Crippen molar-refractivity contribution >= 4 is 6.08 Å². The number of phenols is 1. The number of carbonyl (C=O) groups excluding carboxylic acids is 1. The van der Waals surface area contributed by atoms with Crippen molar-refractivity contribution in [3.05, 3.63) is 29.3 Å². The van der Waals surface area contributed by atoms with Crippen LogP contribution in [0, 0.1) is 0 Å². The van der Waals surface area contributed by atoms with Crippen LogP contribution in [-0.4, -0.2) is 11.2 Å². The number of hydrogen-bond acceptors (Lipinski definition) is 3. The van der Waals surface area contributed by atoms with Gasteiger partial charge in [-0.2, -0.15) is 4.99 Å². The van der Waals surface area contributed by atoms with Crippen molar-refractivity contribution in [3.63, 3.8) is 0 Å². The molecule has 0 radical (unpaired) electrons. The average molecular weight is 253 g/mol. The zero-order chi connectivity index (χ0) is 13.2. The standard InChI is InChI=1S/C13H13F2NO2/c14-12(15)9-3-4-10(11(18)7-9)13(16-8-17)5-1-2-6-13/h3-4,7,12,18H,1-2,5-6H2. The van der Waals surface area contributed by atoms with E-state index >= 15 is 0 Å². The lowest BCUT2D eigenvalue weighted by Gasteiger charge is -2.24. The number of aliphatic imine (C=N–C) groups is 1. The molecule has 0 unspecified atom stereocenters. The summed E-state index contributed by atoms with van der Waals surface area (Å²) >= 11 is 0. The average Bonchev–Trinajstić information content (AvgIpc) is 2.78. The molecule has 0 aromatic heterocycles. The molecule has 2 rings (SSSR count). The minimum absolute atomic E-state index is 0.228. The molecule has 1 aliphatic rings. The second-order valence-electron chi connectivity index (χ2n) is 4.52. The number of aromatic hydroxyl groups is 1. The minimum Gasteiger partial charge on any atom is -0.508 e. The van der Waals surface area contributed by atoms with Crippen LogP contribution in [0.4, 0.5) is 8.78 Å². The first-order valence-corrected chi connectivity index (χ1v) is 5.80. The fourth-order valence-corrected chi connectivity index (χ4v) is 2.57. The molecule has 1 aromatic rings. The van der Waals surface area contributed by atoms with E-state index in [1.807, 2.05) is 0 Å². The van der Waals surface area contributed by atoms with Crippen LogP contribution in [0.2, 0.25) is 0 Å². The van der Waals surface area contributed by atoms with E-state index in [1.165, 1.54) is 18.2 Å². The number of nitrogens with zero attached hydrogens (tertiary/aromatic N) is 1. The molecule has 3 nitrogen and oxygen atoms in total. The number of alkyl halides is 2. The van der Waals surface area contributed by atoms with Crippen molar-refractivity contribution in [1.29, 1.82) is 0 Å². The summed E-state index contributed by atoms with van der Waals surface area (Å²) in [6.45, 7) is 0. The summed E-state index contributed by atoms with van der Waals surface area (Å²) in [5.41, 5.74) is -0.584. The third-order valence-electron chi connectivity index (χ3n) is 3.47. The highest BCUT2D eigenvalue weighted by molar-refractivity contribution is 5.45. The van der Waals surface area contributed by atoms with Gasteiger partial charge in [0.05, 0.1) is 0 Å². The van der Waals surface area contributed by atoms with Gasteiger partial charge in [-0.1, -0.05) is 25.0 Å². The van der Waals surface area contributed by atoms with Gasteiger partial charge in [-0.15, -0.1) is 0 Å². The van der Waals surface area contributed by atoms with Crippen LogP contribution in [0.15, 0.2) is 23.2 Å². The lowest BCUT2D eigenvalue weighted by molar-refractivity contribution is 0.151. The molecule has 0 heterocycles. The predicted molar refractivity (Wildman–Crippen MR) is 61.3 cm³/mol. The zero-order valence-electron chi connectivity index (χ0n) is 9.70. The van der Waals surface area contributed by atoms with E-state index in [0.717, 1.165) is 18.9 Å². The molecule has 0 aliphatic heterocycles. The van der Waals surface area contributed by atoms with Crippen molar-refractivity contribution in [2.24, 2.45) is 4.99 Å². The van der Waals surface area contributed by atoms with Gasteiger partial charge in [0.2, 0.25) is 6.08 Å². The van der Waals surface area contributed by atoms with Crippen LogP contribution in [-0.2, 0) is 10.3 Å². The van der Waals surface area contributed by atoms with Crippen LogP contribution >= 0.6 is 0 Å². The summed E-state index contributed by atoms with van der Waals surface area (Å²) in [6.07, 6.45) is 1.94. The van der Waals surface area contributed by atoms with Crippen LogP contribution in [0.25, 0.3) is 0 Å². The topological polar surface area (TPSA) is 49.7 Å². The number of benzene rings is 1. The van der Waals surface area contributed by atoms with Gasteiger partial charge >= 0.3 is 0 Å². The van der Waals surface area contributed by atoms with Crippen LogP contribution in [0.3, 0.4) is 0 Å². The van der Waals surface area contributed by atoms with Crippen LogP contribution in [0.1, 0.15) is 43.2 Å². The minimum atomic E-state index is -2.63. The molecule has 96 valence electrons. The van der Waals surface area contributed by atoms with Gasteiger partial charge < -0.3 is 5.11 Å². The predicted octanol–water partition coefficient (Wildman–Crippen LogP) is 3.43. The molecule has 0 saturated heterocycles. The second kappa shape index (κ2) is 4.86. The molecule has 1 fully saturated rings. The van der Waals surface area contributed by atoms with Gasteiger partial charge in [-0.05, 0) is 18.9 Å². The van der Waals surface area contributed by atoms with E-state index in [2.05, 4.69) is 4.99 Å². The number of halogens is 2. The quantitative estimate of drug-likeness (QED) is 0.662. The first-order valence-electron chi connectivity index (χ1n) is 5.80. The third-order valence-corrected chi connectivity index (χ3v) is 3.47. The van der Waals surface area contributed by atoms with Crippen LogP contribution in [0.5, 0.6) is 5.75 Å². The van der Waals surface area contributed by atoms with Crippen molar-refractivity contribution in [2.75, 3.05) is 0 Å². The van der Waals surface area contributed by atoms with Crippen molar-refractivity contribution < 1.29 is 18.7 Å². The highest BCUT2D eigenvalue weighted by atomic mass is 19.3. The maximum Gasteiger partial charge on any atom is 0.263 e. The van der Waals surface area contributed by atoms with E-state index in [1.54, 1.807) is 0 Å². The zero-order valence-corrected chi connectivity index (χ0v) is 9.70. The van der Waals surface area contributed by atoms with E-state index in [9.17, 15) is 18.7 Å². The molecule has 18 heavy (non-hydrogen) atoms. The Labute approximate surface area is 103 Å². The van der Waals surface area contributed by atoms with Gasteiger partial charge in [-0.3, -0.25) is 0 Å². The fraction of sp³-hybridized carbons (Fsp3) is 0.462. The molecule has 1 aliphatic carbocycles. The molecule has 1 aromatic carbocycles. The van der Waals surface area contributed by atoms with Gasteiger partial charge in [-0.25, -0.2) is 13.6 Å². The van der Waals surface area contributed by atoms with Gasteiger partial charge in [0.25, 0.3) is 6.43 Å². The monoisotopic (exact) mass is 253 g/mol. The van der Waals surface area contributed by atoms with E-state index in [4.69, 9.17) is 0 Å². The largest absolute Gasteiger partial charge is 0.508 e. The SMILES string of the molecule is O=C=NC1(c2ccc(C(F)F)cc2O)CCCC1. The Morgan fingerprint density at radius 2 is 2.00 bits per heavy atom. The fourth-order valence-electron chi connectivity index (χ4n) is 2.57. The van der Waals surface area contributed by atoms with Gasteiger partial charge in [0.15, 0.2) is 0 Å². The maximum absolute atomic E-state index is 12.5. The van der Waals surface area contributed by atoms with E-state index in [0.29, 0.717) is 18.4 Å². The Morgan fingerprint density at radius 1 is 1.33 bits per heavy atom. The number of rotatable bonds is 3. The Morgan fingerprint density at radius 3 is 2.50 bits per heavy atom. The lowest BCUT2D eigenvalue weighted by atomic mass is 9.87. The molecular weight excluding hydrogens is 240 g/mol. The lowest BCUT2D eigenvalue weighted by Crippen LogP contribution is -2.19. The molecule has 0 spiro atoms. The van der Waals surface area contributed by atoms with Crippen molar-refractivity contribution in [3.8, 4) is 5.75 Å². The van der Waals surface area contributed by atoms with Crippen molar-refractivity contribution in [2.45, 2.75) is 37.6 Å². The van der Waals surface area contributed by atoms with Crippen LogP contribution < -0.4 is 0 Å². The third kappa shape index (κ3) is 2.14. The van der Waals surface area contributed by atoms with Crippen molar-refractivity contribution in [1.82, 2.24) is 0 Å². The maximum atomic E-state index is 12.5. The highest BCUT2D eigenvalue weighted by Gasteiger charge is 2.37. The van der Waals surface area contributed by atoms with Gasteiger partial charge in [0.1, 0.15) is 11.3 Å². The summed E-state index contributed by atoms with van der Waals surface area (Å²) in [7, 11) is 0. The number of isocyanates is 1. The molecule has 1 saturated carbocycles. The van der Waals surface area contributed by atoms with Gasteiger partial charge in [0, 0.05) is 11.1 Å². The highest BCUT2D eigenvalue weighted by Crippen LogP contribution is 2.45. The normalized spacial score (nSPS) is 17.7. The Hall–Kier alpha value is -1.74. The van der Waals surface area contributed by atoms with E-state index < -0.39 is 12.0 Å². The molecule has 1 N–H and O–H groups in total. The Kier molecular flexibility index (Phi) is 3.43. The molecule has 0 bridgehead atoms. The second-order valence-corrected chi connectivity index (χ2v) is 4.52. The summed E-state index contributed by atoms with van der Waals surface area (Å²) in [4.78, 5) is 14.3. The number of phenolic OH excluding ortho intramolecular Hbond substituents is 1. The summed E-state index contributed by atoms with van der Waals surface area (Å²) in [5.74, 6) is -0.228. The summed E-state index contributed by atoms with van der Waals surface area (Å²) in [5, 5.41) is 9.87. The first-order chi connectivity index (χ1) is 8.59. The Balaban J connectivity index is 2.46.